The minimum Gasteiger partial charge on any atom is -0.399 e. The summed E-state index contributed by atoms with van der Waals surface area (Å²) in [6, 6.07) is 10.7. The van der Waals surface area contributed by atoms with Gasteiger partial charge >= 0.3 is 0 Å². The summed E-state index contributed by atoms with van der Waals surface area (Å²) in [5.41, 5.74) is 12.0. The molecular formula is C13H15N3O4S2. The Morgan fingerprint density at radius 2 is 1.23 bits per heavy atom. The second-order valence-corrected chi connectivity index (χ2v) is 8.28. The third kappa shape index (κ3) is 3.28. The molecule has 0 aromatic heterocycles. The number of nitrogen functional groups attached to an aromatic ring is 1. The number of sulfone groups is 1. The molecule has 0 amide bonds. The van der Waals surface area contributed by atoms with Crippen molar-refractivity contribution in [2.45, 2.75) is 15.2 Å². The van der Waals surface area contributed by atoms with Gasteiger partial charge in [0, 0.05) is 5.69 Å². The fourth-order valence-electron chi connectivity index (χ4n) is 1.83. The zero-order chi connectivity index (χ0) is 16.5. The van der Waals surface area contributed by atoms with Crippen LogP contribution in [0.2, 0.25) is 0 Å². The van der Waals surface area contributed by atoms with Crippen LogP contribution < -0.4 is 16.6 Å². The molecule has 0 fully saturated rings. The SMILES string of the molecule is Nc1ccc(S(=O)(=O)C(N)c2ccc(S(N)(=O)=O)cc2)cc1. The van der Waals surface area contributed by atoms with Gasteiger partial charge in [-0.3, -0.25) is 0 Å². The molecule has 2 aromatic carbocycles. The van der Waals surface area contributed by atoms with Crippen molar-refractivity contribution in [2.75, 3.05) is 5.73 Å². The first-order valence-electron chi connectivity index (χ1n) is 6.10. The summed E-state index contributed by atoms with van der Waals surface area (Å²) in [7, 11) is -7.66. The van der Waals surface area contributed by atoms with E-state index in [0.717, 1.165) is 0 Å². The second kappa shape index (κ2) is 5.69. The van der Waals surface area contributed by atoms with Gasteiger partial charge in [-0.25, -0.2) is 22.0 Å². The van der Waals surface area contributed by atoms with Gasteiger partial charge in [0.2, 0.25) is 10.0 Å². The Morgan fingerprint density at radius 1 is 0.773 bits per heavy atom. The summed E-state index contributed by atoms with van der Waals surface area (Å²) in [5.74, 6) is 0. The first-order chi connectivity index (χ1) is 10.1. The normalized spacial score (nSPS) is 13.7. The summed E-state index contributed by atoms with van der Waals surface area (Å²) < 4.78 is 47.2. The molecule has 7 nitrogen and oxygen atoms in total. The lowest BCUT2D eigenvalue weighted by molar-refractivity contribution is 0.583. The highest BCUT2D eigenvalue weighted by molar-refractivity contribution is 7.91. The summed E-state index contributed by atoms with van der Waals surface area (Å²) in [6.07, 6.45) is 0. The van der Waals surface area contributed by atoms with E-state index in [1.807, 2.05) is 0 Å². The number of hydrogen-bond acceptors (Lipinski definition) is 6. The van der Waals surface area contributed by atoms with E-state index in [0.29, 0.717) is 5.69 Å². The zero-order valence-electron chi connectivity index (χ0n) is 11.4. The molecule has 0 aliphatic heterocycles. The number of nitrogens with two attached hydrogens (primary N) is 3. The maximum Gasteiger partial charge on any atom is 0.238 e. The van der Waals surface area contributed by atoms with Crippen LogP contribution in [0.5, 0.6) is 0 Å². The number of benzene rings is 2. The van der Waals surface area contributed by atoms with Crippen LogP contribution in [-0.4, -0.2) is 16.8 Å². The average Bonchev–Trinajstić information content (AvgIpc) is 2.46. The van der Waals surface area contributed by atoms with Crippen molar-refractivity contribution < 1.29 is 16.8 Å². The van der Waals surface area contributed by atoms with Crippen LogP contribution in [0.4, 0.5) is 5.69 Å². The van der Waals surface area contributed by atoms with E-state index in [1.165, 1.54) is 48.5 Å². The highest BCUT2D eigenvalue weighted by atomic mass is 32.2. The molecule has 118 valence electrons. The van der Waals surface area contributed by atoms with Crippen LogP contribution in [0.1, 0.15) is 10.9 Å². The average molecular weight is 341 g/mol. The molecule has 0 saturated carbocycles. The maximum absolute atomic E-state index is 12.4. The van der Waals surface area contributed by atoms with E-state index in [-0.39, 0.29) is 15.4 Å². The molecule has 0 spiro atoms. The molecular weight excluding hydrogens is 326 g/mol. The van der Waals surface area contributed by atoms with Gasteiger partial charge in [-0.15, -0.1) is 0 Å². The Balaban J connectivity index is 2.38. The maximum atomic E-state index is 12.4. The molecule has 0 saturated heterocycles. The summed E-state index contributed by atoms with van der Waals surface area (Å²) in [6.45, 7) is 0. The lowest BCUT2D eigenvalue weighted by Crippen LogP contribution is -2.22. The van der Waals surface area contributed by atoms with E-state index in [4.69, 9.17) is 16.6 Å². The summed E-state index contributed by atoms with van der Waals surface area (Å²) in [4.78, 5) is -0.0851. The summed E-state index contributed by atoms with van der Waals surface area (Å²) >= 11 is 0. The van der Waals surface area contributed by atoms with Gasteiger partial charge < -0.3 is 11.5 Å². The molecule has 22 heavy (non-hydrogen) atoms. The van der Waals surface area contributed by atoms with Crippen molar-refractivity contribution in [1.29, 1.82) is 0 Å². The largest absolute Gasteiger partial charge is 0.399 e. The molecule has 6 N–H and O–H groups in total. The van der Waals surface area contributed by atoms with Crippen molar-refractivity contribution in [2.24, 2.45) is 10.9 Å². The molecule has 1 atom stereocenters. The van der Waals surface area contributed by atoms with Gasteiger partial charge in [0.25, 0.3) is 0 Å². The number of anilines is 1. The molecule has 0 radical (unpaired) electrons. The predicted molar refractivity (Wildman–Crippen MR) is 82.8 cm³/mol. The fourth-order valence-corrected chi connectivity index (χ4v) is 3.67. The van der Waals surface area contributed by atoms with Crippen LogP contribution in [0.3, 0.4) is 0 Å². The summed E-state index contributed by atoms with van der Waals surface area (Å²) in [5, 5.41) is 3.66. The van der Waals surface area contributed by atoms with Gasteiger partial charge in [-0.1, -0.05) is 12.1 Å². The quantitative estimate of drug-likeness (QED) is 0.684. The third-order valence-electron chi connectivity index (χ3n) is 3.08. The lowest BCUT2D eigenvalue weighted by Gasteiger charge is -2.14. The van der Waals surface area contributed by atoms with Gasteiger partial charge in [-0.2, -0.15) is 0 Å². The molecule has 0 aliphatic rings. The fraction of sp³-hybridized carbons (Fsp3) is 0.0769. The molecule has 1 unspecified atom stereocenters. The minimum atomic E-state index is -3.84. The number of rotatable bonds is 4. The van der Waals surface area contributed by atoms with E-state index in [1.54, 1.807) is 0 Å². The lowest BCUT2D eigenvalue weighted by atomic mass is 10.2. The van der Waals surface area contributed by atoms with Crippen molar-refractivity contribution >= 4 is 25.5 Å². The molecule has 0 heterocycles. The molecule has 9 heteroatoms. The number of sulfonamides is 1. The predicted octanol–water partition coefficient (Wildman–Crippen LogP) is 0.347. The van der Waals surface area contributed by atoms with Gasteiger partial charge in [0.15, 0.2) is 9.84 Å². The van der Waals surface area contributed by atoms with Gasteiger partial charge in [-0.05, 0) is 42.0 Å². The van der Waals surface area contributed by atoms with E-state index < -0.39 is 25.2 Å². The molecule has 2 aromatic rings. The second-order valence-electron chi connectivity index (χ2n) is 4.65. The Hall–Kier alpha value is -1.94. The van der Waals surface area contributed by atoms with Crippen molar-refractivity contribution in [3.8, 4) is 0 Å². The Labute approximate surface area is 128 Å². The van der Waals surface area contributed by atoms with Crippen LogP contribution in [0.15, 0.2) is 58.3 Å². The Morgan fingerprint density at radius 3 is 1.68 bits per heavy atom. The highest BCUT2D eigenvalue weighted by Crippen LogP contribution is 2.25. The number of primary sulfonamides is 1. The highest BCUT2D eigenvalue weighted by Gasteiger charge is 2.25. The van der Waals surface area contributed by atoms with E-state index in [9.17, 15) is 16.8 Å². The molecule has 2 rings (SSSR count). The number of hydrogen-bond donors (Lipinski definition) is 3. The van der Waals surface area contributed by atoms with E-state index >= 15 is 0 Å². The standard InChI is InChI=1S/C13H15N3O4S2/c14-10-3-7-11(8-4-10)21(17,18)13(15)9-1-5-12(6-2-9)22(16,19)20/h1-8,13H,14-15H2,(H2,16,19,20). The first kappa shape index (κ1) is 16.4. The molecule has 0 aliphatic carbocycles. The van der Waals surface area contributed by atoms with Gasteiger partial charge in [0.1, 0.15) is 5.37 Å². The van der Waals surface area contributed by atoms with Crippen LogP contribution in [-0.2, 0) is 19.9 Å². The first-order valence-corrected chi connectivity index (χ1v) is 9.19. The van der Waals surface area contributed by atoms with Crippen molar-refractivity contribution in [1.82, 2.24) is 0 Å². The minimum absolute atomic E-state index is 0.0322. The van der Waals surface area contributed by atoms with E-state index in [2.05, 4.69) is 0 Å². The zero-order valence-corrected chi connectivity index (χ0v) is 13.0. The van der Waals surface area contributed by atoms with Crippen molar-refractivity contribution in [3.63, 3.8) is 0 Å². The Kier molecular flexibility index (Phi) is 4.25. The third-order valence-corrected chi connectivity index (χ3v) is 5.88. The van der Waals surface area contributed by atoms with Crippen LogP contribution >= 0.6 is 0 Å². The molecule has 0 bridgehead atoms. The van der Waals surface area contributed by atoms with Crippen LogP contribution in [0.25, 0.3) is 0 Å². The topological polar surface area (TPSA) is 146 Å². The van der Waals surface area contributed by atoms with Crippen LogP contribution in [0, 0.1) is 0 Å². The van der Waals surface area contributed by atoms with Gasteiger partial charge in [0.05, 0.1) is 9.79 Å². The van der Waals surface area contributed by atoms with Crippen molar-refractivity contribution in [3.05, 3.63) is 54.1 Å². The Bertz CT molecular complexity index is 874. The monoisotopic (exact) mass is 341 g/mol. The smallest absolute Gasteiger partial charge is 0.238 e.